The molecule has 0 saturated carbocycles. The Labute approximate surface area is 110 Å². The second-order valence-electron chi connectivity index (χ2n) is 3.82. The molecular weight excluding hydrogens is 250 g/mol. The minimum atomic E-state index is -1.24. The number of esters is 2. The zero-order valence-corrected chi connectivity index (χ0v) is 10.5. The molecular formula is C13H15NO5. The molecule has 0 fully saturated rings. The zero-order chi connectivity index (χ0) is 14.3. The predicted octanol–water partition coefficient (Wildman–Crippen LogP) is 1.63. The van der Waals surface area contributed by atoms with Gasteiger partial charge in [0.15, 0.2) is 5.92 Å². The molecule has 0 aliphatic rings. The molecule has 0 bridgehead atoms. The maximum Gasteiger partial charge on any atom is 0.412 e. The molecule has 6 heteroatoms. The van der Waals surface area contributed by atoms with Gasteiger partial charge in [0.2, 0.25) is 0 Å². The predicted molar refractivity (Wildman–Crippen MR) is 66.2 cm³/mol. The molecule has 0 heterocycles. The SMILES string of the molecule is CCCC(C(=O)OC(N)=O)C(=O)Oc1ccccc1. The third kappa shape index (κ3) is 4.79. The molecule has 0 radical (unpaired) electrons. The van der Waals surface area contributed by atoms with E-state index in [1.54, 1.807) is 37.3 Å². The fourth-order valence-corrected chi connectivity index (χ4v) is 1.47. The Balaban J connectivity index is 2.72. The van der Waals surface area contributed by atoms with E-state index in [2.05, 4.69) is 4.74 Å². The molecule has 0 aromatic heterocycles. The lowest BCUT2D eigenvalue weighted by Crippen LogP contribution is -2.32. The molecule has 1 atom stereocenters. The second-order valence-corrected chi connectivity index (χ2v) is 3.82. The van der Waals surface area contributed by atoms with Gasteiger partial charge in [-0.25, -0.2) is 4.79 Å². The molecule has 0 aliphatic carbocycles. The lowest BCUT2D eigenvalue weighted by atomic mass is 10.0. The van der Waals surface area contributed by atoms with E-state index >= 15 is 0 Å². The van der Waals surface area contributed by atoms with Crippen molar-refractivity contribution in [3.05, 3.63) is 30.3 Å². The largest absolute Gasteiger partial charge is 0.426 e. The molecule has 1 rings (SSSR count). The topological polar surface area (TPSA) is 95.7 Å². The molecule has 6 nitrogen and oxygen atoms in total. The van der Waals surface area contributed by atoms with Gasteiger partial charge in [0.1, 0.15) is 5.75 Å². The summed E-state index contributed by atoms with van der Waals surface area (Å²) in [5, 5.41) is 0. The summed E-state index contributed by atoms with van der Waals surface area (Å²) in [7, 11) is 0. The third-order valence-electron chi connectivity index (χ3n) is 2.31. The van der Waals surface area contributed by atoms with Gasteiger partial charge in [-0.15, -0.1) is 0 Å². The number of benzene rings is 1. The smallest absolute Gasteiger partial charge is 0.412 e. The number of carbonyl (C=O) groups is 3. The molecule has 2 N–H and O–H groups in total. The molecule has 102 valence electrons. The maximum atomic E-state index is 11.9. The number of rotatable bonds is 5. The van der Waals surface area contributed by atoms with Crippen molar-refractivity contribution in [2.24, 2.45) is 11.7 Å². The molecule has 1 amide bonds. The van der Waals surface area contributed by atoms with Crippen LogP contribution >= 0.6 is 0 Å². The highest BCUT2D eigenvalue weighted by atomic mass is 16.6. The van der Waals surface area contributed by atoms with Gasteiger partial charge in [-0.05, 0) is 18.6 Å². The van der Waals surface area contributed by atoms with E-state index in [9.17, 15) is 14.4 Å². The maximum absolute atomic E-state index is 11.9. The van der Waals surface area contributed by atoms with Crippen molar-refractivity contribution in [2.75, 3.05) is 0 Å². The first kappa shape index (κ1) is 14.7. The zero-order valence-electron chi connectivity index (χ0n) is 10.5. The van der Waals surface area contributed by atoms with Gasteiger partial charge in [-0.1, -0.05) is 31.5 Å². The molecule has 0 aliphatic heterocycles. The number of ether oxygens (including phenoxy) is 2. The van der Waals surface area contributed by atoms with Crippen molar-refractivity contribution >= 4 is 18.0 Å². The van der Waals surface area contributed by atoms with Gasteiger partial charge in [-0.3, -0.25) is 9.59 Å². The number of para-hydroxylation sites is 1. The van der Waals surface area contributed by atoms with Crippen LogP contribution in [-0.2, 0) is 14.3 Å². The van der Waals surface area contributed by atoms with Crippen LogP contribution in [-0.4, -0.2) is 18.0 Å². The van der Waals surface area contributed by atoms with Crippen molar-refractivity contribution in [3.63, 3.8) is 0 Å². The van der Waals surface area contributed by atoms with Gasteiger partial charge in [0.25, 0.3) is 0 Å². The highest BCUT2D eigenvalue weighted by molar-refractivity contribution is 5.99. The number of nitrogens with two attached hydrogens (primary N) is 1. The summed E-state index contributed by atoms with van der Waals surface area (Å²) < 4.78 is 9.26. The van der Waals surface area contributed by atoms with E-state index in [-0.39, 0.29) is 6.42 Å². The van der Waals surface area contributed by atoms with Crippen LogP contribution in [0.25, 0.3) is 0 Å². The van der Waals surface area contributed by atoms with Crippen molar-refractivity contribution in [3.8, 4) is 5.75 Å². The highest BCUT2D eigenvalue weighted by Gasteiger charge is 2.30. The lowest BCUT2D eigenvalue weighted by Gasteiger charge is -2.12. The fraction of sp³-hybridized carbons (Fsp3) is 0.308. The van der Waals surface area contributed by atoms with Gasteiger partial charge in [-0.2, -0.15) is 0 Å². The third-order valence-corrected chi connectivity index (χ3v) is 2.31. The van der Waals surface area contributed by atoms with Crippen LogP contribution in [0.1, 0.15) is 19.8 Å². The van der Waals surface area contributed by atoms with E-state index in [4.69, 9.17) is 10.5 Å². The standard InChI is InChI=1S/C13H15NO5/c1-2-6-10(12(16)19-13(14)17)11(15)18-9-7-4-3-5-8-9/h3-5,7-8,10H,2,6H2,1H3,(H2,14,17). The lowest BCUT2D eigenvalue weighted by molar-refractivity contribution is -0.153. The van der Waals surface area contributed by atoms with Crippen LogP contribution in [0.15, 0.2) is 30.3 Å². The van der Waals surface area contributed by atoms with E-state index in [1.165, 1.54) is 0 Å². The second kappa shape index (κ2) is 7.15. The molecule has 19 heavy (non-hydrogen) atoms. The van der Waals surface area contributed by atoms with Crippen molar-refractivity contribution in [1.82, 2.24) is 0 Å². The molecule has 0 spiro atoms. The van der Waals surface area contributed by atoms with E-state index in [0.717, 1.165) is 0 Å². The van der Waals surface area contributed by atoms with Crippen LogP contribution < -0.4 is 10.5 Å². The normalized spacial score (nSPS) is 11.4. The fourth-order valence-electron chi connectivity index (χ4n) is 1.47. The minimum Gasteiger partial charge on any atom is -0.426 e. The van der Waals surface area contributed by atoms with Crippen LogP contribution in [0.5, 0.6) is 5.75 Å². The molecule has 1 aromatic rings. The Morgan fingerprint density at radius 1 is 1.16 bits per heavy atom. The molecule has 1 aromatic carbocycles. The Morgan fingerprint density at radius 2 is 1.79 bits per heavy atom. The average molecular weight is 265 g/mol. The Morgan fingerprint density at radius 3 is 2.32 bits per heavy atom. The Kier molecular flexibility index (Phi) is 5.53. The molecule has 0 saturated heterocycles. The first-order valence-electron chi connectivity index (χ1n) is 5.82. The van der Waals surface area contributed by atoms with E-state index < -0.39 is 23.9 Å². The van der Waals surface area contributed by atoms with Crippen molar-refractivity contribution in [1.29, 1.82) is 0 Å². The van der Waals surface area contributed by atoms with Gasteiger partial charge >= 0.3 is 18.0 Å². The summed E-state index contributed by atoms with van der Waals surface area (Å²) in [4.78, 5) is 33.9. The van der Waals surface area contributed by atoms with Gasteiger partial charge < -0.3 is 15.2 Å². The number of amides is 1. The minimum absolute atomic E-state index is 0.220. The number of hydrogen-bond acceptors (Lipinski definition) is 5. The van der Waals surface area contributed by atoms with Gasteiger partial charge in [0.05, 0.1) is 0 Å². The van der Waals surface area contributed by atoms with E-state index in [0.29, 0.717) is 12.2 Å². The quantitative estimate of drug-likeness (QED) is 0.496. The average Bonchev–Trinajstić information content (AvgIpc) is 2.36. The van der Waals surface area contributed by atoms with Crippen LogP contribution in [0.4, 0.5) is 4.79 Å². The Bertz CT molecular complexity index is 457. The summed E-state index contributed by atoms with van der Waals surface area (Å²) in [6, 6.07) is 8.32. The highest BCUT2D eigenvalue weighted by Crippen LogP contribution is 2.15. The monoisotopic (exact) mass is 265 g/mol. The summed E-state index contributed by atoms with van der Waals surface area (Å²) in [6.45, 7) is 1.79. The van der Waals surface area contributed by atoms with Crippen LogP contribution in [0, 0.1) is 5.92 Å². The first-order chi connectivity index (χ1) is 9.04. The molecule has 1 unspecified atom stereocenters. The number of hydrogen-bond donors (Lipinski definition) is 1. The summed E-state index contributed by atoms with van der Waals surface area (Å²) in [5.74, 6) is -2.59. The summed E-state index contributed by atoms with van der Waals surface area (Å²) in [5.41, 5.74) is 4.75. The Hall–Kier alpha value is -2.37. The van der Waals surface area contributed by atoms with Crippen LogP contribution in [0.3, 0.4) is 0 Å². The van der Waals surface area contributed by atoms with E-state index in [1.807, 2.05) is 0 Å². The van der Waals surface area contributed by atoms with Crippen LogP contribution in [0.2, 0.25) is 0 Å². The van der Waals surface area contributed by atoms with Crippen molar-refractivity contribution in [2.45, 2.75) is 19.8 Å². The summed E-state index contributed by atoms with van der Waals surface area (Å²) >= 11 is 0. The first-order valence-corrected chi connectivity index (χ1v) is 5.82. The number of primary amides is 1. The summed E-state index contributed by atoms with van der Waals surface area (Å²) in [6.07, 6.45) is -0.459. The van der Waals surface area contributed by atoms with Crippen molar-refractivity contribution < 1.29 is 23.9 Å². The van der Waals surface area contributed by atoms with Gasteiger partial charge in [0, 0.05) is 0 Å². The number of carbonyl (C=O) groups excluding carboxylic acids is 3.